The predicted molar refractivity (Wildman–Crippen MR) is 91.5 cm³/mol. The van der Waals surface area contributed by atoms with Crippen LogP contribution in [0.4, 0.5) is 0 Å². The van der Waals surface area contributed by atoms with E-state index in [1.54, 1.807) is 4.90 Å². The van der Waals surface area contributed by atoms with Crippen LogP contribution in [0.5, 0.6) is 0 Å². The first-order valence-electron chi connectivity index (χ1n) is 7.73. The van der Waals surface area contributed by atoms with Gasteiger partial charge in [0.15, 0.2) is 0 Å². The van der Waals surface area contributed by atoms with E-state index in [1.807, 2.05) is 45.0 Å². The lowest BCUT2D eigenvalue weighted by molar-refractivity contribution is 0.0718. The van der Waals surface area contributed by atoms with Gasteiger partial charge in [0.2, 0.25) is 0 Å². The molecule has 1 heterocycles. The fourth-order valence-corrected chi connectivity index (χ4v) is 3.11. The molecule has 0 fully saturated rings. The Morgan fingerprint density at radius 1 is 1.26 bits per heavy atom. The molecule has 5 nitrogen and oxygen atoms in total. The van der Waals surface area contributed by atoms with Crippen molar-refractivity contribution in [2.45, 2.75) is 33.2 Å². The van der Waals surface area contributed by atoms with Crippen LogP contribution in [0.25, 0.3) is 11.0 Å². The van der Waals surface area contributed by atoms with E-state index in [-0.39, 0.29) is 24.2 Å². The van der Waals surface area contributed by atoms with Crippen molar-refractivity contribution in [3.63, 3.8) is 0 Å². The number of para-hydroxylation sites is 1. The predicted octanol–water partition coefficient (Wildman–Crippen LogP) is 2.89. The highest BCUT2D eigenvalue weighted by molar-refractivity contribution is 7.90. The number of carbonyl (C=O) groups is 1. The SMILES string of the molecule is CCc1oc2ccccc2c1C(=O)N(CCS(C)(=O)=O)C(C)C. The van der Waals surface area contributed by atoms with Crippen molar-refractivity contribution in [3.8, 4) is 0 Å². The highest BCUT2D eigenvalue weighted by atomic mass is 32.2. The van der Waals surface area contributed by atoms with Crippen LogP contribution in [0.2, 0.25) is 0 Å². The number of carbonyl (C=O) groups excluding carboxylic acids is 1. The summed E-state index contributed by atoms with van der Waals surface area (Å²) in [6.07, 6.45) is 1.79. The number of aryl methyl sites for hydroxylation is 1. The van der Waals surface area contributed by atoms with Crippen molar-refractivity contribution < 1.29 is 17.6 Å². The molecule has 1 aromatic heterocycles. The Morgan fingerprint density at radius 3 is 2.48 bits per heavy atom. The van der Waals surface area contributed by atoms with Gasteiger partial charge in [-0.15, -0.1) is 0 Å². The quantitative estimate of drug-likeness (QED) is 0.813. The van der Waals surface area contributed by atoms with E-state index >= 15 is 0 Å². The summed E-state index contributed by atoms with van der Waals surface area (Å²) in [6.45, 7) is 5.88. The van der Waals surface area contributed by atoms with Crippen molar-refractivity contribution in [2.75, 3.05) is 18.6 Å². The summed E-state index contributed by atoms with van der Waals surface area (Å²) in [5.74, 6) is 0.417. The Hall–Kier alpha value is -1.82. The fraction of sp³-hybridized carbons (Fsp3) is 0.471. The number of hydrogen-bond donors (Lipinski definition) is 0. The maximum absolute atomic E-state index is 13.0. The standard InChI is InChI=1S/C17H23NO4S/c1-5-14-16(13-8-6-7-9-15(13)22-14)17(19)18(12(2)3)10-11-23(4,20)21/h6-9,12H,5,10-11H2,1-4H3. The smallest absolute Gasteiger partial charge is 0.258 e. The van der Waals surface area contributed by atoms with E-state index in [1.165, 1.54) is 6.26 Å². The van der Waals surface area contributed by atoms with Gasteiger partial charge in [-0.1, -0.05) is 25.1 Å². The van der Waals surface area contributed by atoms with E-state index < -0.39 is 9.84 Å². The van der Waals surface area contributed by atoms with E-state index in [9.17, 15) is 13.2 Å². The molecule has 1 aromatic carbocycles. The summed E-state index contributed by atoms with van der Waals surface area (Å²) in [6, 6.07) is 7.33. The molecule has 126 valence electrons. The summed E-state index contributed by atoms with van der Waals surface area (Å²) >= 11 is 0. The monoisotopic (exact) mass is 337 g/mol. The summed E-state index contributed by atoms with van der Waals surface area (Å²) in [5, 5.41) is 0.777. The number of benzene rings is 1. The molecule has 0 spiro atoms. The van der Waals surface area contributed by atoms with Crippen LogP contribution in [0.3, 0.4) is 0 Å². The molecular formula is C17H23NO4S. The van der Waals surface area contributed by atoms with Gasteiger partial charge in [0.1, 0.15) is 21.2 Å². The molecule has 0 bridgehead atoms. The maximum Gasteiger partial charge on any atom is 0.258 e. The summed E-state index contributed by atoms with van der Waals surface area (Å²) in [7, 11) is -3.13. The average molecular weight is 337 g/mol. The van der Waals surface area contributed by atoms with E-state index in [0.717, 1.165) is 5.39 Å². The number of sulfone groups is 1. The number of hydrogen-bond acceptors (Lipinski definition) is 4. The number of amides is 1. The van der Waals surface area contributed by atoms with Crippen molar-refractivity contribution in [1.29, 1.82) is 0 Å². The Labute approximate surface area is 137 Å². The minimum atomic E-state index is -3.13. The molecule has 23 heavy (non-hydrogen) atoms. The van der Waals surface area contributed by atoms with Crippen LogP contribution in [-0.2, 0) is 16.3 Å². The molecule has 0 aliphatic carbocycles. The number of nitrogens with zero attached hydrogens (tertiary/aromatic N) is 1. The Morgan fingerprint density at radius 2 is 1.91 bits per heavy atom. The zero-order valence-electron chi connectivity index (χ0n) is 14.0. The molecule has 0 aliphatic rings. The lowest BCUT2D eigenvalue weighted by atomic mass is 10.1. The van der Waals surface area contributed by atoms with Crippen LogP contribution < -0.4 is 0 Å². The molecule has 0 atom stereocenters. The fourth-order valence-electron chi connectivity index (χ4n) is 2.58. The topological polar surface area (TPSA) is 67.6 Å². The Kier molecular flexibility index (Phi) is 5.14. The van der Waals surface area contributed by atoms with E-state index in [2.05, 4.69) is 0 Å². The van der Waals surface area contributed by atoms with Crippen molar-refractivity contribution in [2.24, 2.45) is 0 Å². The number of fused-ring (bicyclic) bond motifs is 1. The van der Waals surface area contributed by atoms with Gasteiger partial charge in [-0.3, -0.25) is 4.79 Å². The Balaban J connectivity index is 2.44. The van der Waals surface area contributed by atoms with Gasteiger partial charge in [0.05, 0.1) is 11.3 Å². The minimum Gasteiger partial charge on any atom is -0.460 e. The molecular weight excluding hydrogens is 314 g/mol. The summed E-state index contributed by atoms with van der Waals surface area (Å²) < 4.78 is 28.7. The first-order chi connectivity index (χ1) is 10.7. The molecule has 2 rings (SSSR count). The molecule has 0 aliphatic heterocycles. The third kappa shape index (κ3) is 3.93. The zero-order chi connectivity index (χ0) is 17.2. The van der Waals surface area contributed by atoms with Gasteiger partial charge in [0, 0.05) is 30.6 Å². The second-order valence-corrected chi connectivity index (χ2v) is 8.23. The van der Waals surface area contributed by atoms with Crippen LogP contribution in [-0.4, -0.2) is 43.8 Å². The van der Waals surface area contributed by atoms with Crippen molar-refractivity contribution in [3.05, 3.63) is 35.6 Å². The molecule has 1 amide bonds. The first kappa shape index (κ1) is 17.5. The van der Waals surface area contributed by atoms with Crippen LogP contribution >= 0.6 is 0 Å². The highest BCUT2D eigenvalue weighted by Gasteiger charge is 2.26. The molecule has 0 unspecified atom stereocenters. The summed E-state index contributed by atoms with van der Waals surface area (Å²) in [4.78, 5) is 14.6. The molecule has 0 saturated carbocycles. The number of furan rings is 1. The van der Waals surface area contributed by atoms with Gasteiger partial charge >= 0.3 is 0 Å². The van der Waals surface area contributed by atoms with Gasteiger partial charge in [0.25, 0.3) is 5.91 Å². The first-order valence-corrected chi connectivity index (χ1v) is 9.79. The minimum absolute atomic E-state index is 0.0475. The third-order valence-corrected chi connectivity index (χ3v) is 4.71. The molecule has 0 saturated heterocycles. The van der Waals surface area contributed by atoms with Crippen LogP contribution in [0.15, 0.2) is 28.7 Å². The second-order valence-electron chi connectivity index (χ2n) is 5.97. The van der Waals surface area contributed by atoms with Crippen LogP contribution in [0.1, 0.15) is 36.9 Å². The normalized spacial score (nSPS) is 12.0. The molecule has 6 heteroatoms. The van der Waals surface area contributed by atoms with Crippen molar-refractivity contribution in [1.82, 2.24) is 4.90 Å². The average Bonchev–Trinajstić information content (AvgIpc) is 2.84. The summed E-state index contributed by atoms with van der Waals surface area (Å²) in [5.41, 5.74) is 1.23. The third-order valence-electron chi connectivity index (χ3n) is 3.79. The second kappa shape index (κ2) is 6.74. The van der Waals surface area contributed by atoms with Gasteiger partial charge < -0.3 is 9.32 Å². The van der Waals surface area contributed by atoms with Crippen molar-refractivity contribution >= 4 is 26.7 Å². The van der Waals surface area contributed by atoms with E-state index in [0.29, 0.717) is 23.3 Å². The van der Waals surface area contributed by atoms with Gasteiger partial charge in [-0.2, -0.15) is 0 Å². The highest BCUT2D eigenvalue weighted by Crippen LogP contribution is 2.28. The lowest BCUT2D eigenvalue weighted by Crippen LogP contribution is -2.40. The zero-order valence-corrected chi connectivity index (χ0v) is 14.8. The van der Waals surface area contributed by atoms with Gasteiger partial charge in [-0.05, 0) is 19.9 Å². The lowest BCUT2D eigenvalue weighted by Gasteiger charge is -2.26. The van der Waals surface area contributed by atoms with Gasteiger partial charge in [-0.25, -0.2) is 8.42 Å². The Bertz CT molecular complexity index is 805. The van der Waals surface area contributed by atoms with Crippen LogP contribution in [0, 0.1) is 0 Å². The van der Waals surface area contributed by atoms with E-state index in [4.69, 9.17) is 4.42 Å². The molecule has 0 N–H and O–H groups in total. The molecule has 0 radical (unpaired) electrons. The largest absolute Gasteiger partial charge is 0.460 e. The molecule has 2 aromatic rings. The maximum atomic E-state index is 13.0. The number of rotatable bonds is 6.